The van der Waals surface area contributed by atoms with Gasteiger partial charge in [-0.05, 0) is 25.0 Å². The fraction of sp³-hybridized carbons (Fsp3) is 0.444. The molecule has 0 fully saturated rings. The van der Waals surface area contributed by atoms with Crippen LogP contribution in [0.3, 0.4) is 0 Å². The van der Waals surface area contributed by atoms with E-state index in [-0.39, 0.29) is 5.15 Å². The van der Waals surface area contributed by atoms with Crippen LogP contribution < -0.4 is 0 Å². The lowest BCUT2D eigenvalue weighted by Gasteiger charge is -2.04. The molecule has 0 amide bonds. The van der Waals surface area contributed by atoms with Crippen LogP contribution in [0.1, 0.15) is 25.0 Å². The molecule has 0 bridgehead atoms. The first-order valence-electron chi connectivity index (χ1n) is 4.01. The first kappa shape index (κ1) is 13.0. The molecule has 0 spiro atoms. The van der Waals surface area contributed by atoms with Crippen LogP contribution in [0.2, 0.25) is 15.3 Å². The summed E-state index contributed by atoms with van der Waals surface area (Å²) in [5.74, 6) is 0. The Bertz CT molecular complexity index is 271. The van der Waals surface area contributed by atoms with E-state index in [1.54, 1.807) is 0 Å². The molecule has 74 valence electrons. The lowest BCUT2D eigenvalue weighted by molar-refractivity contribution is 1.22. The second-order valence-electron chi connectivity index (χ2n) is 2.26. The quantitative estimate of drug-likeness (QED) is 0.600. The minimum Gasteiger partial charge on any atom is -0.223 e. The number of rotatable bonds is 0. The number of hydrogen-bond donors (Lipinski definition) is 0. The van der Waals surface area contributed by atoms with Crippen molar-refractivity contribution in [1.29, 1.82) is 0 Å². The van der Waals surface area contributed by atoms with Crippen LogP contribution in [0.5, 0.6) is 0 Å². The number of nitrogens with zero attached hydrogens (tertiary/aromatic N) is 1. The standard InChI is InChI=1S/C7H6Cl3N.C2H6/c1-3-4(2)6(9)11-7(10)5(3)8;1-2/h1-2H3;1-2H3. The highest BCUT2D eigenvalue weighted by molar-refractivity contribution is 6.42. The van der Waals surface area contributed by atoms with Gasteiger partial charge in [-0.25, -0.2) is 4.98 Å². The fourth-order valence-corrected chi connectivity index (χ4v) is 1.37. The van der Waals surface area contributed by atoms with Gasteiger partial charge in [0.05, 0.1) is 5.02 Å². The van der Waals surface area contributed by atoms with E-state index in [2.05, 4.69) is 4.98 Å². The number of halogens is 3. The summed E-state index contributed by atoms with van der Waals surface area (Å²) in [5, 5.41) is 1.16. The molecule has 13 heavy (non-hydrogen) atoms. The Morgan fingerprint density at radius 3 is 1.77 bits per heavy atom. The van der Waals surface area contributed by atoms with Crippen molar-refractivity contribution < 1.29 is 0 Å². The average Bonchev–Trinajstić information content (AvgIpc) is 2.15. The smallest absolute Gasteiger partial charge is 0.149 e. The van der Waals surface area contributed by atoms with Gasteiger partial charge in [0.1, 0.15) is 10.3 Å². The van der Waals surface area contributed by atoms with Crippen LogP contribution in [-0.4, -0.2) is 4.98 Å². The second kappa shape index (κ2) is 5.69. The van der Waals surface area contributed by atoms with E-state index in [4.69, 9.17) is 34.8 Å². The van der Waals surface area contributed by atoms with E-state index in [1.165, 1.54) is 0 Å². The van der Waals surface area contributed by atoms with Crippen LogP contribution in [0.15, 0.2) is 0 Å². The van der Waals surface area contributed by atoms with Gasteiger partial charge < -0.3 is 0 Å². The minimum absolute atomic E-state index is 0.264. The average molecular weight is 241 g/mol. The highest BCUT2D eigenvalue weighted by atomic mass is 35.5. The maximum Gasteiger partial charge on any atom is 0.149 e. The molecule has 1 nitrogen and oxygen atoms in total. The van der Waals surface area contributed by atoms with Crippen LogP contribution in [0.4, 0.5) is 0 Å². The van der Waals surface area contributed by atoms with Crippen molar-refractivity contribution in [2.45, 2.75) is 27.7 Å². The summed E-state index contributed by atoms with van der Waals surface area (Å²) in [7, 11) is 0. The summed E-state index contributed by atoms with van der Waals surface area (Å²) in [5.41, 5.74) is 1.76. The van der Waals surface area contributed by atoms with Gasteiger partial charge >= 0.3 is 0 Å². The van der Waals surface area contributed by atoms with E-state index in [9.17, 15) is 0 Å². The van der Waals surface area contributed by atoms with Gasteiger partial charge in [0.25, 0.3) is 0 Å². The minimum atomic E-state index is 0.264. The van der Waals surface area contributed by atoms with E-state index in [1.807, 2.05) is 27.7 Å². The van der Waals surface area contributed by atoms with Crippen LogP contribution in [0.25, 0.3) is 0 Å². The molecule has 0 radical (unpaired) electrons. The predicted molar refractivity (Wildman–Crippen MR) is 60.1 cm³/mol. The molecule has 1 aromatic rings. The Hall–Kier alpha value is 0.0200. The summed E-state index contributed by atoms with van der Waals surface area (Å²) < 4.78 is 0. The molecule has 0 saturated carbocycles. The van der Waals surface area contributed by atoms with Gasteiger partial charge in [-0.15, -0.1) is 0 Å². The van der Waals surface area contributed by atoms with Crippen LogP contribution in [-0.2, 0) is 0 Å². The van der Waals surface area contributed by atoms with E-state index < -0.39 is 0 Å². The third kappa shape index (κ3) is 3.01. The molecule has 0 aliphatic rings. The van der Waals surface area contributed by atoms with E-state index >= 15 is 0 Å². The lowest BCUT2D eigenvalue weighted by Crippen LogP contribution is -1.89. The fourth-order valence-electron chi connectivity index (χ4n) is 0.693. The normalized spacial score (nSPS) is 9.15. The van der Waals surface area contributed by atoms with Crippen LogP contribution >= 0.6 is 34.8 Å². The molecule has 0 atom stereocenters. The van der Waals surface area contributed by atoms with E-state index in [0.29, 0.717) is 10.2 Å². The summed E-state index contributed by atoms with van der Waals surface area (Å²) in [6.07, 6.45) is 0. The van der Waals surface area contributed by atoms with Gasteiger partial charge in [-0.3, -0.25) is 0 Å². The second-order valence-corrected chi connectivity index (χ2v) is 3.35. The Morgan fingerprint density at radius 2 is 1.31 bits per heavy atom. The zero-order valence-corrected chi connectivity index (χ0v) is 10.3. The van der Waals surface area contributed by atoms with Crippen LogP contribution in [0, 0.1) is 13.8 Å². The van der Waals surface area contributed by atoms with Crippen molar-refractivity contribution in [2.24, 2.45) is 0 Å². The lowest BCUT2D eigenvalue weighted by atomic mass is 10.2. The number of aromatic nitrogens is 1. The molecule has 1 heterocycles. The van der Waals surface area contributed by atoms with Crippen molar-refractivity contribution in [3.05, 3.63) is 26.5 Å². The van der Waals surface area contributed by atoms with E-state index in [0.717, 1.165) is 11.1 Å². The molecule has 0 aliphatic carbocycles. The monoisotopic (exact) mass is 239 g/mol. The highest BCUT2D eigenvalue weighted by Gasteiger charge is 2.08. The van der Waals surface area contributed by atoms with Gasteiger partial charge in [-0.1, -0.05) is 48.7 Å². The molecule has 0 saturated heterocycles. The summed E-state index contributed by atoms with van der Waals surface area (Å²) in [6, 6.07) is 0. The first-order chi connectivity index (χ1) is 6.04. The first-order valence-corrected chi connectivity index (χ1v) is 5.15. The summed E-state index contributed by atoms with van der Waals surface area (Å²) in [4.78, 5) is 3.83. The topological polar surface area (TPSA) is 12.9 Å². The van der Waals surface area contributed by atoms with Crippen molar-refractivity contribution in [3.8, 4) is 0 Å². The molecule has 4 heteroatoms. The molecule has 0 aliphatic heterocycles. The van der Waals surface area contributed by atoms with Crippen molar-refractivity contribution in [1.82, 2.24) is 4.98 Å². The van der Waals surface area contributed by atoms with Crippen molar-refractivity contribution in [2.75, 3.05) is 0 Å². The molecule has 0 N–H and O–H groups in total. The zero-order valence-electron chi connectivity index (χ0n) is 8.08. The molecular formula is C9H12Cl3N. The Labute approximate surface area is 94.0 Å². The zero-order chi connectivity index (χ0) is 10.6. The Morgan fingerprint density at radius 1 is 0.846 bits per heavy atom. The molecule has 1 rings (SSSR count). The third-order valence-electron chi connectivity index (χ3n) is 1.58. The van der Waals surface area contributed by atoms with Crippen molar-refractivity contribution >= 4 is 34.8 Å². The summed E-state index contributed by atoms with van der Waals surface area (Å²) in [6.45, 7) is 7.71. The van der Waals surface area contributed by atoms with Crippen molar-refractivity contribution in [3.63, 3.8) is 0 Å². The van der Waals surface area contributed by atoms with Gasteiger partial charge in [-0.2, -0.15) is 0 Å². The highest BCUT2D eigenvalue weighted by Crippen LogP contribution is 2.29. The number of pyridine rings is 1. The van der Waals surface area contributed by atoms with Gasteiger partial charge in [0.2, 0.25) is 0 Å². The number of hydrogen-bond acceptors (Lipinski definition) is 1. The summed E-state index contributed by atoms with van der Waals surface area (Å²) >= 11 is 17.2. The molecule has 0 aromatic carbocycles. The SMILES string of the molecule is CC.Cc1c(Cl)nc(Cl)c(Cl)c1C. The largest absolute Gasteiger partial charge is 0.223 e. The maximum absolute atomic E-state index is 5.80. The van der Waals surface area contributed by atoms with Gasteiger partial charge in [0.15, 0.2) is 0 Å². The Balaban J connectivity index is 0.000000671. The third-order valence-corrected chi connectivity index (χ3v) is 2.78. The maximum atomic E-state index is 5.80. The van der Waals surface area contributed by atoms with Gasteiger partial charge in [0, 0.05) is 0 Å². The Kier molecular flexibility index (Phi) is 5.70. The predicted octanol–water partition coefficient (Wildman–Crippen LogP) is 4.68. The molecular weight excluding hydrogens is 228 g/mol. The molecule has 1 aromatic heterocycles. The molecule has 0 unspecified atom stereocenters.